The van der Waals surface area contributed by atoms with E-state index in [4.69, 9.17) is 0 Å². The molecular formula is C26H52N2O. The molecule has 0 bridgehead atoms. The zero-order valence-corrected chi connectivity index (χ0v) is 20.8. The lowest BCUT2D eigenvalue weighted by Gasteiger charge is -2.26. The molecule has 0 aliphatic carbocycles. The Morgan fingerprint density at radius 2 is 1.10 bits per heavy atom. The summed E-state index contributed by atoms with van der Waals surface area (Å²) in [6, 6.07) is 0. The van der Waals surface area contributed by atoms with Gasteiger partial charge in [-0.2, -0.15) is 0 Å². The molecule has 0 radical (unpaired) electrons. The molecule has 0 aromatic rings. The highest BCUT2D eigenvalue weighted by molar-refractivity contribution is 5.78. The predicted octanol–water partition coefficient (Wildman–Crippen LogP) is 6.90. The SMILES string of the molecule is CC(C)(C)CCCCCCN(CCCCCCC(C)(C)C)C(=O)CN1CCCC1. The van der Waals surface area contributed by atoms with Gasteiger partial charge in [-0.3, -0.25) is 9.69 Å². The summed E-state index contributed by atoms with van der Waals surface area (Å²) in [5, 5.41) is 0. The van der Waals surface area contributed by atoms with E-state index in [0.29, 0.717) is 23.3 Å². The largest absolute Gasteiger partial charge is 0.342 e. The van der Waals surface area contributed by atoms with E-state index >= 15 is 0 Å². The third kappa shape index (κ3) is 15.0. The number of hydrogen-bond acceptors (Lipinski definition) is 2. The molecule has 0 unspecified atom stereocenters. The summed E-state index contributed by atoms with van der Waals surface area (Å²) in [5.41, 5.74) is 0.898. The summed E-state index contributed by atoms with van der Waals surface area (Å²) in [5.74, 6) is 0.372. The van der Waals surface area contributed by atoms with Crippen LogP contribution in [0.25, 0.3) is 0 Å². The fourth-order valence-corrected chi connectivity index (χ4v) is 4.22. The number of likely N-dealkylation sites (tertiary alicyclic amines) is 1. The third-order valence-corrected chi connectivity index (χ3v) is 6.12. The van der Waals surface area contributed by atoms with E-state index < -0.39 is 0 Å². The smallest absolute Gasteiger partial charge is 0.236 e. The van der Waals surface area contributed by atoms with Gasteiger partial charge >= 0.3 is 0 Å². The van der Waals surface area contributed by atoms with E-state index in [0.717, 1.165) is 26.2 Å². The summed E-state index contributed by atoms with van der Waals surface area (Å²) >= 11 is 0. The average Bonchev–Trinajstić information content (AvgIpc) is 3.09. The zero-order chi connectivity index (χ0) is 21.8. The van der Waals surface area contributed by atoms with Crippen molar-refractivity contribution < 1.29 is 4.79 Å². The lowest BCUT2D eigenvalue weighted by atomic mass is 9.89. The van der Waals surface area contributed by atoms with Crippen molar-refractivity contribution in [2.24, 2.45) is 10.8 Å². The normalized spacial score (nSPS) is 15.8. The topological polar surface area (TPSA) is 23.6 Å². The first kappa shape index (κ1) is 26.5. The Morgan fingerprint density at radius 3 is 1.52 bits per heavy atom. The van der Waals surface area contributed by atoms with Gasteiger partial charge in [0.2, 0.25) is 5.91 Å². The minimum Gasteiger partial charge on any atom is -0.342 e. The van der Waals surface area contributed by atoms with Gasteiger partial charge in [0.05, 0.1) is 6.54 Å². The van der Waals surface area contributed by atoms with Crippen LogP contribution in [0.1, 0.15) is 119 Å². The van der Waals surface area contributed by atoms with Gasteiger partial charge in [0.1, 0.15) is 0 Å². The van der Waals surface area contributed by atoms with E-state index in [1.54, 1.807) is 0 Å². The highest BCUT2D eigenvalue weighted by Gasteiger charge is 2.19. The minimum absolute atomic E-state index is 0.372. The molecule has 0 aromatic carbocycles. The Kier molecular flexibility index (Phi) is 12.5. The van der Waals surface area contributed by atoms with Gasteiger partial charge in [-0.25, -0.2) is 0 Å². The molecule has 1 rings (SSSR count). The second kappa shape index (κ2) is 13.7. The molecule has 172 valence electrons. The number of carbonyl (C=O) groups excluding carboxylic acids is 1. The second-order valence-electron chi connectivity index (χ2n) is 11.8. The summed E-state index contributed by atoms with van der Waals surface area (Å²) in [4.78, 5) is 17.4. The monoisotopic (exact) mass is 408 g/mol. The highest BCUT2D eigenvalue weighted by Crippen LogP contribution is 2.23. The van der Waals surface area contributed by atoms with Crippen molar-refractivity contribution in [3.8, 4) is 0 Å². The molecule has 0 aromatic heterocycles. The van der Waals surface area contributed by atoms with E-state index in [1.807, 2.05) is 0 Å². The van der Waals surface area contributed by atoms with Crippen molar-refractivity contribution in [1.29, 1.82) is 0 Å². The van der Waals surface area contributed by atoms with Crippen LogP contribution < -0.4 is 0 Å². The van der Waals surface area contributed by atoms with Crippen molar-refractivity contribution >= 4 is 5.91 Å². The van der Waals surface area contributed by atoms with E-state index in [-0.39, 0.29) is 0 Å². The van der Waals surface area contributed by atoms with Crippen molar-refractivity contribution in [2.45, 2.75) is 119 Å². The van der Waals surface area contributed by atoms with E-state index in [9.17, 15) is 4.79 Å². The lowest BCUT2D eigenvalue weighted by molar-refractivity contribution is -0.132. The number of amides is 1. The molecule has 1 aliphatic heterocycles. The lowest BCUT2D eigenvalue weighted by Crippen LogP contribution is -2.40. The second-order valence-corrected chi connectivity index (χ2v) is 11.8. The Morgan fingerprint density at radius 1 is 0.690 bits per heavy atom. The average molecular weight is 409 g/mol. The van der Waals surface area contributed by atoms with Crippen LogP contribution in [0.4, 0.5) is 0 Å². The summed E-state index contributed by atoms with van der Waals surface area (Å²) in [6.45, 7) is 18.8. The molecule has 1 heterocycles. The molecule has 1 aliphatic rings. The van der Waals surface area contributed by atoms with E-state index in [1.165, 1.54) is 77.0 Å². The van der Waals surface area contributed by atoms with Gasteiger partial charge in [0.25, 0.3) is 0 Å². The maximum Gasteiger partial charge on any atom is 0.236 e. The molecule has 1 fully saturated rings. The quantitative estimate of drug-likeness (QED) is 0.292. The van der Waals surface area contributed by atoms with Crippen LogP contribution >= 0.6 is 0 Å². The first-order chi connectivity index (χ1) is 13.6. The van der Waals surface area contributed by atoms with Crippen LogP contribution in [0.15, 0.2) is 0 Å². The Hall–Kier alpha value is -0.570. The molecule has 1 amide bonds. The number of nitrogens with zero attached hydrogens (tertiary/aromatic N) is 2. The summed E-state index contributed by atoms with van der Waals surface area (Å²) in [6.07, 6.45) is 15.2. The molecule has 0 atom stereocenters. The van der Waals surface area contributed by atoms with Gasteiger partial charge in [-0.15, -0.1) is 0 Å². The highest BCUT2D eigenvalue weighted by atomic mass is 16.2. The minimum atomic E-state index is 0.372. The van der Waals surface area contributed by atoms with E-state index in [2.05, 4.69) is 51.3 Å². The summed E-state index contributed by atoms with van der Waals surface area (Å²) < 4.78 is 0. The van der Waals surface area contributed by atoms with Gasteiger partial charge in [0, 0.05) is 13.1 Å². The van der Waals surface area contributed by atoms with Crippen molar-refractivity contribution in [1.82, 2.24) is 9.80 Å². The van der Waals surface area contributed by atoms with Gasteiger partial charge in [0.15, 0.2) is 0 Å². The fraction of sp³-hybridized carbons (Fsp3) is 0.962. The molecule has 29 heavy (non-hydrogen) atoms. The zero-order valence-electron chi connectivity index (χ0n) is 20.8. The molecular weight excluding hydrogens is 356 g/mol. The first-order valence-corrected chi connectivity index (χ1v) is 12.6. The Bertz CT molecular complexity index is 401. The standard InChI is InChI=1S/C26H52N2O/c1-25(2,3)17-11-7-9-13-21-28(24(29)23-27-19-15-16-20-27)22-14-10-8-12-18-26(4,5)6/h7-23H2,1-6H3. The number of hydrogen-bond donors (Lipinski definition) is 0. The summed E-state index contributed by atoms with van der Waals surface area (Å²) in [7, 11) is 0. The van der Waals surface area contributed by atoms with Crippen LogP contribution in [-0.2, 0) is 4.79 Å². The Balaban J connectivity index is 2.29. The molecule has 3 heteroatoms. The molecule has 3 nitrogen and oxygen atoms in total. The van der Waals surface area contributed by atoms with Crippen LogP contribution in [0.2, 0.25) is 0 Å². The third-order valence-electron chi connectivity index (χ3n) is 6.12. The van der Waals surface area contributed by atoms with Crippen LogP contribution in [-0.4, -0.2) is 48.4 Å². The predicted molar refractivity (Wildman–Crippen MR) is 127 cm³/mol. The number of carbonyl (C=O) groups is 1. The number of unbranched alkanes of at least 4 members (excludes halogenated alkanes) is 6. The number of rotatable bonds is 14. The van der Waals surface area contributed by atoms with Crippen LogP contribution in [0.3, 0.4) is 0 Å². The van der Waals surface area contributed by atoms with Gasteiger partial charge in [-0.05, 0) is 62.4 Å². The van der Waals surface area contributed by atoms with Crippen molar-refractivity contribution in [3.63, 3.8) is 0 Å². The molecule has 1 saturated heterocycles. The van der Waals surface area contributed by atoms with Crippen molar-refractivity contribution in [2.75, 3.05) is 32.7 Å². The van der Waals surface area contributed by atoms with Crippen molar-refractivity contribution in [3.05, 3.63) is 0 Å². The van der Waals surface area contributed by atoms with Crippen LogP contribution in [0, 0.1) is 10.8 Å². The molecule has 0 spiro atoms. The van der Waals surface area contributed by atoms with Crippen LogP contribution in [0.5, 0.6) is 0 Å². The van der Waals surface area contributed by atoms with Gasteiger partial charge in [-0.1, -0.05) is 80.1 Å². The maximum atomic E-state index is 12.9. The van der Waals surface area contributed by atoms with Gasteiger partial charge < -0.3 is 4.90 Å². The molecule has 0 saturated carbocycles. The molecule has 0 N–H and O–H groups in total. The fourth-order valence-electron chi connectivity index (χ4n) is 4.22. The maximum absolute atomic E-state index is 12.9. The Labute approximate surface area is 183 Å². The first-order valence-electron chi connectivity index (χ1n) is 12.6.